The monoisotopic (exact) mass is 397 g/mol. The fraction of sp³-hybridized carbons (Fsp3) is 0.400. The first-order valence-electron chi connectivity index (χ1n) is 8.05. The lowest BCUT2D eigenvalue weighted by atomic mass is 10.2. The van der Waals surface area contributed by atoms with E-state index in [2.05, 4.69) is 32.3 Å². The zero-order chi connectivity index (χ0) is 18.7. The molecule has 1 aliphatic heterocycles. The van der Waals surface area contributed by atoms with E-state index in [9.17, 15) is 8.42 Å². The summed E-state index contributed by atoms with van der Waals surface area (Å²) in [6.07, 6.45) is 6.51. The zero-order valence-electron chi connectivity index (χ0n) is 14.3. The van der Waals surface area contributed by atoms with Crippen molar-refractivity contribution in [2.24, 2.45) is 7.05 Å². The van der Waals surface area contributed by atoms with E-state index >= 15 is 0 Å². The Morgan fingerprint density at radius 1 is 1.46 bits per heavy atom. The summed E-state index contributed by atoms with van der Waals surface area (Å²) in [4.78, 5) is 8.49. The van der Waals surface area contributed by atoms with Gasteiger partial charge in [0.15, 0.2) is 5.82 Å². The smallest absolute Gasteiger partial charge is 0.235 e. The van der Waals surface area contributed by atoms with E-state index in [1.165, 1.54) is 10.5 Å². The minimum absolute atomic E-state index is 0.168. The fourth-order valence-electron chi connectivity index (χ4n) is 2.82. The number of sulfonamides is 1. The highest BCUT2D eigenvalue weighted by atomic mass is 35.5. The van der Waals surface area contributed by atoms with Gasteiger partial charge in [-0.25, -0.2) is 13.4 Å². The Bertz CT molecular complexity index is 899. The number of halogens is 1. The number of aromatic nitrogens is 4. The highest BCUT2D eigenvalue weighted by molar-refractivity contribution is 7.92. The highest BCUT2D eigenvalue weighted by Crippen LogP contribution is 2.25. The second-order valence-electron chi connectivity index (χ2n) is 5.92. The molecule has 1 unspecified atom stereocenters. The Morgan fingerprint density at radius 2 is 2.27 bits per heavy atom. The van der Waals surface area contributed by atoms with Crippen molar-refractivity contribution >= 4 is 39.1 Å². The third-order valence-corrected chi connectivity index (χ3v) is 5.90. The minimum Gasteiger partial charge on any atom is -0.367 e. The summed E-state index contributed by atoms with van der Waals surface area (Å²) in [5.74, 6) is 0.808. The standard InChI is InChI=1S/C15H20ClN7O2S/c1-3-26(24,25)23-6-4-5-12(23)8-17-14-13(16)9-18-15(21-14)20-11-7-19-22(2)10-11/h3,7,9-10,12H,1,4-6,8H2,2H3,(H2,17,18,20,21). The van der Waals surface area contributed by atoms with Gasteiger partial charge in [0.2, 0.25) is 16.0 Å². The molecule has 0 aliphatic carbocycles. The third-order valence-electron chi connectivity index (χ3n) is 4.07. The summed E-state index contributed by atoms with van der Waals surface area (Å²) in [6.45, 7) is 4.28. The molecule has 2 aromatic rings. The van der Waals surface area contributed by atoms with Crippen LogP contribution in [0.15, 0.2) is 30.6 Å². The number of hydrogen-bond acceptors (Lipinski definition) is 7. The molecular formula is C15H20ClN7O2S. The van der Waals surface area contributed by atoms with Gasteiger partial charge in [-0.2, -0.15) is 14.4 Å². The van der Waals surface area contributed by atoms with Crippen molar-refractivity contribution < 1.29 is 8.42 Å². The molecule has 3 rings (SSSR count). The van der Waals surface area contributed by atoms with E-state index in [0.717, 1.165) is 23.9 Å². The molecule has 0 bridgehead atoms. The lowest BCUT2D eigenvalue weighted by molar-refractivity contribution is 0.404. The van der Waals surface area contributed by atoms with Crippen molar-refractivity contribution in [3.63, 3.8) is 0 Å². The molecular weight excluding hydrogens is 378 g/mol. The quantitative estimate of drug-likeness (QED) is 0.735. The van der Waals surface area contributed by atoms with Crippen molar-refractivity contribution in [1.29, 1.82) is 0 Å². The van der Waals surface area contributed by atoms with E-state index in [4.69, 9.17) is 11.6 Å². The van der Waals surface area contributed by atoms with Crippen LogP contribution < -0.4 is 10.6 Å². The summed E-state index contributed by atoms with van der Waals surface area (Å²) >= 11 is 6.16. The molecule has 2 N–H and O–H groups in total. The molecule has 0 radical (unpaired) electrons. The molecule has 0 spiro atoms. The molecule has 11 heteroatoms. The maximum Gasteiger partial charge on any atom is 0.235 e. The molecule has 0 aromatic carbocycles. The number of hydrogen-bond donors (Lipinski definition) is 2. The Labute approximate surface area is 157 Å². The second kappa shape index (κ2) is 7.60. The van der Waals surface area contributed by atoms with Crippen molar-refractivity contribution in [1.82, 2.24) is 24.1 Å². The molecule has 1 aliphatic rings. The minimum atomic E-state index is -3.44. The second-order valence-corrected chi connectivity index (χ2v) is 8.16. The van der Waals surface area contributed by atoms with Gasteiger partial charge in [-0.3, -0.25) is 4.68 Å². The average molecular weight is 398 g/mol. The third kappa shape index (κ3) is 4.14. The predicted octanol–water partition coefficient (Wildman–Crippen LogP) is 1.96. The van der Waals surface area contributed by atoms with Gasteiger partial charge in [0.05, 0.1) is 18.1 Å². The van der Waals surface area contributed by atoms with Crippen molar-refractivity contribution in [3.05, 3.63) is 35.6 Å². The SMILES string of the molecule is C=CS(=O)(=O)N1CCCC1CNc1nc(Nc2cnn(C)c2)ncc1Cl. The number of anilines is 3. The summed E-state index contributed by atoms with van der Waals surface area (Å²) in [7, 11) is -1.63. The molecule has 1 saturated heterocycles. The first-order valence-corrected chi connectivity index (χ1v) is 9.93. The van der Waals surface area contributed by atoms with Gasteiger partial charge in [-0.15, -0.1) is 0 Å². The number of nitrogens with one attached hydrogen (secondary N) is 2. The number of aryl methyl sites for hydroxylation is 1. The summed E-state index contributed by atoms with van der Waals surface area (Å²) in [6, 6.07) is -0.168. The lowest BCUT2D eigenvalue weighted by Crippen LogP contribution is -2.38. The summed E-state index contributed by atoms with van der Waals surface area (Å²) in [5.41, 5.74) is 0.750. The molecule has 140 valence electrons. The largest absolute Gasteiger partial charge is 0.367 e. The van der Waals surface area contributed by atoms with Crippen LogP contribution in [-0.4, -0.2) is 51.6 Å². The first kappa shape index (κ1) is 18.6. The predicted molar refractivity (Wildman–Crippen MR) is 101 cm³/mol. The Balaban J connectivity index is 1.69. The Morgan fingerprint density at radius 3 is 2.96 bits per heavy atom. The van der Waals surface area contributed by atoms with Crippen LogP contribution in [0.2, 0.25) is 5.02 Å². The highest BCUT2D eigenvalue weighted by Gasteiger charge is 2.32. The maximum atomic E-state index is 12.1. The van der Waals surface area contributed by atoms with Crippen molar-refractivity contribution in [3.8, 4) is 0 Å². The first-order chi connectivity index (χ1) is 12.4. The van der Waals surface area contributed by atoms with E-state index in [0.29, 0.717) is 29.9 Å². The van der Waals surface area contributed by atoms with E-state index in [-0.39, 0.29) is 6.04 Å². The van der Waals surface area contributed by atoms with Crippen LogP contribution in [-0.2, 0) is 17.1 Å². The molecule has 3 heterocycles. The molecule has 2 aromatic heterocycles. The summed E-state index contributed by atoms with van der Waals surface area (Å²) in [5, 5.41) is 11.6. The van der Waals surface area contributed by atoms with Gasteiger partial charge in [-0.05, 0) is 12.8 Å². The molecule has 1 atom stereocenters. The normalized spacial score (nSPS) is 18.0. The van der Waals surface area contributed by atoms with E-state index in [1.807, 2.05) is 7.05 Å². The Hall–Kier alpha value is -2.17. The van der Waals surface area contributed by atoms with Crippen LogP contribution in [0.1, 0.15) is 12.8 Å². The van der Waals surface area contributed by atoms with Gasteiger partial charge in [0.1, 0.15) is 5.02 Å². The van der Waals surface area contributed by atoms with Crippen molar-refractivity contribution in [2.45, 2.75) is 18.9 Å². The van der Waals surface area contributed by atoms with E-state index in [1.54, 1.807) is 17.1 Å². The fourth-order valence-corrected chi connectivity index (χ4v) is 4.15. The summed E-state index contributed by atoms with van der Waals surface area (Å²) < 4.78 is 27.2. The van der Waals surface area contributed by atoms with E-state index < -0.39 is 10.0 Å². The van der Waals surface area contributed by atoms with Gasteiger partial charge in [0, 0.05) is 37.8 Å². The maximum absolute atomic E-state index is 12.1. The molecule has 0 amide bonds. The van der Waals surface area contributed by atoms with Crippen molar-refractivity contribution in [2.75, 3.05) is 23.7 Å². The van der Waals surface area contributed by atoms with Crippen LogP contribution in [0.4, 0.5) is 17.5 Å². The molecule has 0 saturated carbocycles. The topological polar surface area (TPSA) is 105 Å². The van der Waals surface area contributed by atoms with Gasteiger partial charge < -0.3 is 10.6 Å². The van der Waals surface area contributed by atoms with Crippen LogP contribution in [0.25, 0.3) is 0 Å². The molecule has 9 nitrogen and oxygen atoms in total. The van der Waals surface area contributed by atoms with Crippen LogP contribution in [0, 0.1) is 0 Å². The number of nitrogens with zero attached hydrogens (tertiary/aromatic N) is 5. The van der Waals surface area contributed by atoms with Crippen LogP contribution >= 0.6 is 11.6 Å². The van der Waals surface area contributed by atoms with Crippen LogP contribution in [0.5, 0.6) is 0 Å². The van der Waals surface area contributed by atoms with Gasteiger partial charge in [0.25, 0.3) is 0 Å². The average Bonchev–Trinajstić information content (AvgIpc) is 3.24. The molecule has 1 fully saturated rings. The van der Waals surface area contributed by atoms with Crippen LogP contribution in [0.3, 0.4) is 0 Å². The lowest BCUT2D eigenvalue weighted by Gasteiger charge is -2.23. The van der Waals surface area contributed by atoms with Gasteiger partial charge >= 0.3 is 0 Å². The molecule has 26 heavy (non-hydrogen) atoms. The Kier molecular flexibility index (Phi) is 5.44. The van der Waals surface area contributed by atoms with Gasteiger partial charge in [-0.1, -0.05) is 18.2 Å². The number of rotatable bonds is 7. The zero-order valence-corrected chi connectivity index (χ0v) is 15.8.